The highest BCUT2D eigenvalue weighted by Crippen LogP contribution is 2.23. The lowest BCUT2D eigenvalue weighted by Crippen LogP contribution is -1.96. The molecule has 0 aliphatic rings. The van der Waals surface area contributed by atoms with Crippen LogP contribution in [-0.4, -0.2) is 9.91 Å². The molecule has 0 aromatic carbocycles. The first-order valence-corrected chi connectivity index (χ1v) is 3.37. The topological polar surface area (TPSA) is 56.0 Å². The minimum atomic E-state index is -0.842. The number of aromatic nitrogens is 1. The molecular weight excluding hydrogens is 187 g/mol. The van der Waals surface area contributed by atoms with E-state index in [0.717, 1.165) is 6.20 Å². The minimum Gasteiger partial charge on any atom is -0.258 e. The summed E-state index contributed by atoms with van der Waals surface area (Å²) in [6.45, 7) is 1.28. The van der Waals surface area contributed by atoms with Crippen LogP contribution in [0.1, 0.15) is 5.56 Å². The lowest BCUT2D eigenvalue weighted by Gasteiger charge is -1.98. The van der Waals surface area contributed by atoms with Crippen LogP contribution in [-0.2, 0) is 0 Å². The smallest absolute Gasteiger partial charge is 0.258 e. The Bertz CT molecular complexity index is 343. The molecule has 64 valence electrons. The van der Waals surface area contributed by atoms with Gasteiger partial charge in [-0.05, 0) is 6.92 Å². The number of hydrogen-bond donors (Lipinski definition) is 0. The summed E-state index contributed by atoms with van der Waals surface area (Å²) in [7, 11) is 0. The molecule has 12 heavy (non-hydrogen) atoms. The van der Waals surface area contributed by atoms with Gasteiger partial charge in [0, 0.05) is 0 Å². The van der Waals surface area contributed by atoms with Crippen molar-refractivity contribution in [2.24, 2.45) is 0 Å². The fraction of sp³-hybridized carbons (Fsp3) is 0.167. The van der Waals surface area contributed by atoms with Gasteiger partial charge in [0.15, 0.2) is 11.0 Å². The Labute approximate surface area is 72.1 Å². The van der Waals surface area contributed by atoms with Crippen molar-refractivity contribution in [2.45, 2.75) is 6.92 Å². The standard InChI is InChI=1S/C6H4ClFN2O2/c1-3-4(10(11)12)2-9-6(7)5(3)8/h2H,1H3. The highest BCUT2D eigenvalue weighted by Gasteiger charge is 2.17. The van der Waals surface area contributed by atoms with Gasteiger partial charge in [0.1, 0.15) is 6.20 Å². The zero-order valence-corrected chi connectivity index (χ0v) is 6.80. The second kappa shape index (κ2) is 3.02. The van der Waals surface area contributed by atoms with Gasteiger partial charge in [0.2, 0.25) is 0 Å². The normalized spacial score (nSPS) is 9.92. The summed E-state index contributed by atoms with van der Waals surface area (Å²) in [4.78, 5) is 12.8. The summed E-state index contributed by atoms with van der Waals surface area (Å²) >= 11 is 5.28. The maximum atomic E-state index is 12.9. The van der Waals surface area contributed by atoms with Crippen molar-refractivity contribution in [3.8, 4) is 0 Å². The van der Waals surface area contributed by atoms with Crippen LogP contribution >= 0.6 is 11.6 Å². The molecule has 0 saturated carbocycles. The molecule has 0 unspecified atom stereocenters. The summed E-state index contributed by atoms with van der Waals surface area (Å²) in [5.41, 5.74) is -0.461. The predicted molar refractivity (Wildman–Crippen MR) is 40.6 cm³/mol. The summed E-state index contributed by atoms with van der Waals surface area (Å²) in [5, 5.41) is 9.89. The van der Waals surface area contributed by atoms with E-state index >= 15 is 0 Å². The SMILES string of the molecule is Cc1c([N+](=O)[O-])cnc(Cl)c1F. The van der Waals surface area contributed by atoms with E-state index in [4.69, 9.17) is 11.6 Å². The molecule has 0 spiro atoms. The molecular formula is C6H4ClFN2O2. The van der Waals surface area contributed by atoms with Crippen LogP contribution in [0.3, 0.4) is 0 Å². The monoisotopic (exact) mass is 190 g/mol. The van der Waals surface area contributed by atoms with Crippen molar-refractivity contribution >= 4 is 17.3 Å². The lowest BCUT2D eigenvalue weighted by molar-refractivity contribution is -0.385. The molecule has 4 nitrogen and oxygen atoms in total. The third kappa shape index (κ3) is 1.35. The van der Waals surface area contributed by atoms with Gasteiger partial charge in [0.05, 0.1) is 10.5 Å². The zero-order valence-electron chi connectivity index (χ0n) is 6.04. The summed E-state index contributed by atoms with van der Waals surface area (Å²) in [5.74, 6) is -0.842. The molecule has 1 rings (SSSR count). The van der Waals surface area contributed by atoms with Crippen molar-refractivity contribution in [1.29, 1.82) is 0 Å². The first-order valence-electron chi connectivity index (χ1n) is 2.99. The third-order valence-corrected chi connectivity index (χ3v) is 1.65. The van der Waals surface area contributed by atoms with E-state index in [1.807, 2.05) is 0 Å². The molecule has 1 aromatic rings. The van der Waals surface area contributed by atoms with E-state index in [1.165, 1.54) is 6.92 Å². The van der Waals surface area contributed by atoms with Gasteiger partial charge in [-0.1, -0.05) is 11.6 Å². The maximum absolute atomic E-state index is 12.9. The molecule has 0 bridgehead atoms. The number of rotatable bonds is 1. The second-order valence-electron chi connectivity index (χ2n) is 2.13. The number of halogens is 2. The van der Waals surface area contributed by atoms with Gasteiger partial charge < -0.3 is 0 Å². The number of pyridine rings is 1. The van der Waals surface area contributed by atoms with Gasteiger partial charge in [-0.25, -0.2) is 9.37 Å². The van der Waals surface area contributed by atoms with E-state index in [0.29, 0.717) is 0 Å². The summed E-state index contributed by atoms with van der Waals surface area (Å²) < 4.78 is 12.9. The molecule has 1 heterocycles. The van der Waals surface area contributed by atoms with E-state index < -0.39 is 10.7 Å². The van der Waals surface area contributed by atoms with Gasteiger partial charge in [-0.15, -0.1) is 0 Å². The Kier molecular flexibility index (Phi) is 2.23. The first-order chi connectivity index (χ1) is 5.54. The van der Waals surface area contributed by atoms with E-state index in [2.05, 4.69) is 4.98 Å². The molecule has 0 fully saturated rings. The van der Waals surface area contributed by atoms with Crippen molar-refractivity contribution in [3.63, 3.8) is 0 Å². The quantitative estimate of drug-likeness (QED) is 0.387. The molecule has 6 heteroatoms. The van der Waals surface area contributed by atoms with Crippen molar-refractivity contribution < 1.29 is 9.31 Å². The van der Waals surface area contributed by atoms with Gasteiger partial charge in [-0.3, -0.25) is 10.1 Å². The Morgan fingerprint density at radius 3 is 2.83 bits per heavy atom. The predicted octanol–water partition coefficient (Wildman–Crippen LogP) is 2.09. The van der Waals surface area contributed by atoms with Crippen LogP contribution in [0, 0.1) is 22.9 Å². The van der Waals surface area contributed by atoms with Crippen LogP contribution in [0.25, 0.3) is 0 Å². The van der Waals surface area contributed by atoms with Crippen molar-refractivity contribution in [2.75, 3.05) is 0 Å². The Morgan fingerprint density at radius 2 is 2.33 bits per heavy atom. The fourth-order valence-corrected chi connectivity index (χ4v) is 0.913. The zero-order chi connectivity index (χ0) is 9.30. The molecule has 0 saturated heterocycles. The summed E-state index contributed by atoms with van der Waals surface area (Å²) in [6, 6.07) is 0. The van der Waals surface area contributed by atoms with Crippen LogP contribution in [0.15, 0.2) is 6.20 Å². The van der Waals surface area contributed by atoms with Crippen LogP contribution in [0.5, 0.6) is 0 Å². The van der Waals surface area contributed by atoms with Crippen LogP contribution < -0.4 is 0 Å². The van der Waals surface area contributed by atoms with Crippen LogP contribution in [0.4, 0.5) is 10.1 Å². The molecule has 0 aliphatic heterocycles. The third-order valence-electron chi connectivity index (χ3n) is 1.39. The molecule has 0 radical (unpaired) electrons. The largest absolute Gasteiger partial charge is 0.293 e. The average Bonchev–Trinajstić information content (AvgIpc) is 2.00. The van der Waals surface area contributed by atoms with Gasteiger partial charge >= 0.3 is 0 Å². The molecule has 0 amide bonds. The average molecular weight is 191 g/mol. The fourth-order valence-electron chi connectivity index (χ4n) is 0.723. The number of nitrogens with zero attached hydrogens (tertiary/aromatic N) is 2. The van der Waals surface area contributed by atoms with Crippen molar-refractivity contribution in [3.05, 3.63) is 32.8 Å². The van der Waals surface area contributed by atoms with E-state index in [9.17, 15) is 14.5 Å². The summed E-state index contributed by atoms with van der Waals surface area (Å²) in [6.07, 6.45) is 0.931. The Balaban J connectivity index is 3.36. The van der Waals surface area contributed by atoms with Crippen molar-refractivity contribution in [1.82, 2.24) is 4.98 Å². The van der Waals surface area contributed by atoms with Gasteiger partial charge in [-0.2, -0.15) is 0 Å². The lowest BCUT2D eigenvalue weighted by atomic mass is 10.2. The molecule has 0 atom stereocenters. The first kappa shape index (κ1) is 8.86. The molecule has 0 N–H and O–H groups in total. The van der Waals surface area contributed by atoms with E-state index in [1.54, 1.807) is 0 Å². The second-order valence-corrected chi connectivity index (χ2v) is 2.49. The maximum Gasteiger partial charge on any atom is 0.293 e. The Hall–Kier alpha value is -1.23. The number of hydrogen-bond acceptors (Lipinski definition) is 3. The number of nitro groups is 1. The molecule has 1 aromatic heterocycles. The van der Waals surface area contributed by atoms with Crippen LogP contribution in [0.2, 0.25) is 5.15 Å². The highest BCUT2D eigenvalue weighted by atomic mass is 35.5. The molecule has 0 aliphatic carbocycles. The minimum absolute atomic E-state index is 0.0972. The van der Waals surface area contributed by atoms with E-state index in [-0.39, 0.29) is 16.4 Å². The Morgan fingerprint density at radius 1 is 1.75 bits per heavy atom. The highest BCUT2D eigenvalue weighted by molar-refractivity contribution is 6.29. The van der Waals surface area contributed by atoms with Gasteiger partial charge in [0.25, 0.3) is 5.69 Å².